The average molecular weight is 264 g/mol. The second-order valence-corrected chi connectivity index (χ2v) is 4.15. The Morgan fingerprint density at radius 3 is 2.95 bits per heavy atom. The molecule has 0 bridgehead atoms. The Labute approximate surface area is 109 Å². The van der Waals surface area contributed by atoms with Crippen LogP contribution in [0.4, 0.5) is 4.79 Å². The Morgan fingerprint density at radius 1 is 1.47 bits per heavy atom. The molecular formula is C13H16N2O4. The van der Waals surface area contributed by atoms with E-state index in [0.717, 1.165) is 10.2 Å². The predicted molar refractivity (Wildman–Crippen MR) is 70.4 cm³/mol. The van der Waals surface area contributed by atoms with Crippen molar-refractivity contribution in [3.05, 3.63) is 34.1 Å². The number of carbonyl (C=O) groups is 1. The molecular weight excluding hydrogens is 248 g/mol. The number of aliphatic hydroxyl groups is 1. The van der Waals surface area contributed by atoms with Gasteiger partial charge in [0.05, 0.1) is 17.5 Å². The summed E-state index contributed by atoms with van der Waals surface area (Å²) in [6, 6.07) is 5.28. The van der Waals surface area contributed by atoms with Crippen LogP contribution in [0.2, 0.25) is 0 Å². The maximum Gasteiger partial charge on any atom is 0.433 e. The number of hydrogen-bond donors (Lipinski definition) is 2. The lowest BCUT2D eigenvalue weighted by atomic mass is 10.1. The van der Waals surface area contributed by atoms with Crippen molar-refractivity contribution in [3.8, 4) is 0 Å². The molecule has 6 heteroatoms. The van der Waals surface area contributed by atoms with Crippen LogP contribution in [-0.4, -0.2) is 34.2 Å². The van der Waals surface area contributed by atoms with Crippen LogP contribution in [0.5, 0.6) is 0 Å². The third-order valence-electron chi connectivity index (χ3n) is 2.83. The van der Waals surface area contributed by atoms with E-state index in [2.05, 4.69) is 5.10 Å². The van der Waals surface area contributed by atoms with Crippen molar-refractivity contribution < 1.29 is 14.6 Å². The molecule has 0 saturated carbocycles. The Morgan fingerprint density at radius 2 is 2.26 bits per heavy atom. The third kappa shape index (κ3) is 2.68. The van der Waals surface area contributed by atoms with Gasteiger partial charge in [-0.3, -0.25) is 9.89 Å². The number of aliphatic hydroxyl groups excluding tert-OH is 1. The molecule has 102 valence electrons. The lowest BCUT2D eigenvalue weighted by Crippen LogP contribution is -2.17. The zero-order chi connectivity index (χ0) is 13.8. The van der Waals surface area contributed by atoms with E-state index in [1.54, 1.807) is 19.1 Å². The van der Waals surface area contributed by atoms with Crippen molar-refractivity contribution in [1.29, 1.82) is 0 Å². The Bertz CT molecular complexity index is 642. The molecule has 1 aromatic carbocycles. The highest BCUT2D eigenvalue weighted by Gasteiger charge is 2.13. The molecule has 0 fully saturated rings. The topological polar surface area (TPSA) is 84.3 Å². The maximum atomic E-state index is 11.8. The molecule has 0 aliphatic carbocycles. The predicted octanol–water partition coefficient (Wildman–Crippen LogP) is 1.26. The van der Waals surface area contributed by atoms with Crippen molar-refractivity contribution in [2.45, 2.75) is 19.8 Å². The van der Waals surface area contributed by atoms with Gasteiger partial charge in [0.25, 0.3) is 5.56 Å². The lowest BCUT2D eigenvalue weighted by Gasteiger charge is -2.03. The van der Waals surface area contributed by atoms with E-state index in [-0.39, 0.29) is 18.8 Å². The molecule has 1 aromatic heterocycles. The number of benzene rings is 1. The van der Waals surface area contributed by atoms with Gasteiger partial charge in [-0.15, -0.1) is 0 Å². The fourth-order valence-electron chi connectivity index (χ4n) is 1.95. The molecule has 0 atom stereocenters. The monoisotopic (exact) mass is 264 g/mol. The van der Waals surface area contributed by atoms with E-state index in [1.807, 2.05) is 6.07 Å². The number of aromatic nitrogens is 2. The van der Waals surface area contributed by atoms with Gasteiger partial charge in [0.15, 0.2) is 0 Å². The Balaban J connectivity index is 2.42. The number of H-pyrrole nitrogens is 1. The Hall–Kier alpha value is -2.08. The molecule has 0 aliphatic heterocycles. The summed E-state index contributed by atoms with van der Waals surface area (Å²) in [5, 5.41) is 11.7. The minimum atomic E-state index is -0.599. The van der Waals surface area contributed by atoms with Gasteiger partial charge in [-0.2, -0.15) is 4.68 Å². The summed E-state index contributed by atoms with van der Waals surface area (Å²) in [6.07, 6.45) is 0.732. The number of aryl methyl sites for hydroxylation is 1. The molecule has 1 heterocycles. The molecule has 0 saturated heterocycles. The van der Waals surface area contributed by atoms with Crippen LogP contribution in [0.25, 0.3) is 10.9 Å². The first-order chi connectivity index (χ1) is 9.17. The van der Waals surface area contributed by atoms with Gasteiger partial charge >= 0.3 is 6.09 Å². The van der Waals surface area contributed by atoms with Gasteiger partial charge in [-0.25, -0.2) is 4.79 Å². The Kier molecular flexibility index (Phi) is 4.01. The number of nitrogens with zero attached hydrogens (tertiary/aromatic N) is 1. The van der Waals surface area contributed by atoms with Crippen LogP contribution in [0.3, 0.4) is 0 Å². The first-order valence-electron chi connectivity index (χ1n) is 6.19. The van der Waals surface area contributed by atoms with E-state index in [0.29, 0.717) is 23.7 Å². The quantitative estimate of drug-likeness (QED) is 0.870. The van der Waals surface area contributed by atoms with Crippen LogP contribution >= 0.6 is 0 Å². The summed E-state index contributed by atoms with van der Waals surface area (Å²) in [7, 11) is 0. The first-order valence-corrected chi connectivity index (χ1v) is 6.19. The number of rotatable bonds is 4. The number of aromatic amines is 1. The van der Waals surface area contributed by atoms with E-state index in [1.165, 1.54) is 0 Å². The number of nitrogens with one attached hydrogen (secondary N) is 1. The van der Waals surface area contributed by atoms with E-state index in [9.17, 15) is 9.59 Å². The fraction of sp³-hybridized carbons (Fsp3) is 0.385. The highest BCUT2D eigenvalue weighted by atomic mass is 16.6. The molecule has 0 amide bonds. The van der Waals surface area contributed by atoms with E-state index < -0.39 is 6.09 Å². The molecule has 2 N–H and O–H groups in total. The largest absolute Gasteiger partial charge is 0.448 e. The summed E-state index contributed by atoms with van der Waals surface area (Å²) < 4.78 is 5.97. The SMILES string of the molecule is CCOC(=O)n1[nH]c(=O)c2cc(CCCO)ccc21. The van der Waals surface area contributed by atoms with Gasteiger partial charge in [-0.05, 0) is 37.5 Å². The lowest BCUT2D eigenvalue weighted by molar-refractivity contribution is 0.151. The van der Waals surface area contributed by atoms with Crippen molar-refractivity contribution in [1.82, 2.24) is 9.78 Å². The van der Waals surface area contributed by atoms with Gasteiger partial charge in [0, 0.05) is 6.61 Å². The molecule has 0 aliphatic rings. The molecule has 6 nitrogen and oxygen atoms in total. The standard InChI is InChI=1S/C13H16N2O4/c1-2-19-13(18)15-11-6-5-9(4-3-7-16)8-10(11)12(17)14-15/h5-6,8,16H,2-4,7H2,1H3,(H,14,17). The average Bonchev–Trinajstić information content (AvgIpc) is 2.74. The highest BCUT2D eigenvalue weighted by Crippen LogP contribution is 2.14. The van der Waals surface area contributed by atoms with Gasteiger partial charge in [0.1, 0.15) is 0 Å². The highest BCUT2D eigenvalue weighted by molar-refractivity contribution is 5.87. The van der Waals surface area contributed by atoms with Crippen molar-refractivity contribution in [2.24, 2.45) is 0 Å². The molecule has 2 rings (SSSR count). The second kappa shape index (κ2) is 5.71. The molecule has 0 unspecified atom stereocenters. The van der Waals surface area contributed by atoms with Crippen LogP contribution < -0.4 is 5.56 Å². The molecule has 0 radical (unpaired) electrons. The zero-order valence-corrected chi connectivity index (χ0v) is 10.7. The smallest absolute Gasteiger partial charge is 0.433 e. The number of hydrogen-bond acceptors (Lipinski definition) is 4. The molecule has 19 heavy (non-hydrogen) atoms. The van der Waals surface area contributed by atoms with Crippen molar-refractivity contribution >= 4 is 17.0 Å². The van der Waals surface area contributed by atoms with Crippen LogP contribution in [-0.2, 0) is 11.2 Å². The summed E-state index contributed by atoms with van der Waals surface area (Å²) in [4.78, 5) is 23.5. The number of fused-ring (bicyclic) bond motifs is 1. The minimum absolute atomic E-state index is 0.109. The summed E-state index contributed by atoms with van der Waals surface area (Å²) in [5.74, 6) is 0. The second-order valence-electron chi connectivity index (χ2n) is 4.15. The maximum absolute atomic E-state index is 11.8. The minimum Gasteiger partial charge on any atom is -0.448 e. The summed E-state index contributed by atoms with van der Waals surface area (Å²) in [6.45, 7) is 2.06. The zero-order valence-electron chi connectivity index (χ0n) is 10.7. The third-order valence-corrected chi connectivity index (χ3v) is 2.83. The van der Waals surface area contributed by atoms with Crippen LogP contribution in [0.1, 0.15) is 18.9 Å². The number of carbonyl (C=O) groups excluding carboxylic acids is 1. The van der Waals surface area contributed by atoms with E-state index in [4.69, 9.17) is 9.84 Å². The summed E-state index contributed by atoms with van der Waals surface area (Å²) >= 11 is 0. The fourth-order valence-corrected chi connectivity index (χ4v) is 1.95. The van der Waals surface area contributed by atoms with Gasteiger partial charge in [0.2, 0.25) is 0 Å². The van der Waals surface area contributed by atoms with E-state index >= 15 is 0 Å². The van der Waals surface area contributed by atoms with Gasteiger partial charge in [-0.1, -0.05) is 6.07 Å². The number of ether oxygens (including phenoxy) is 1. The summed E-state index contributed by atoms with van der Waals surface area (Å²) in [5.41, 5.74) is 1.12. The molecule has 0 spiro atoms. The van der Waals surface area contributed by atoms with Crippen LogP contribution in [0.15, 0.2) is 23.0 Å². The molecule has 2 aromatic rings. The normalized spacial score (nSPS) is 10.8. The van der Waals surface area contributed by atoms with Crippen molar-refractivity contribution in [2.75, 3.05) is 13.2 Å². The van der Waals surface area contributed by atoms with Gasteiger partial charge < -0.3 is 9.84 Å². The first kappa shape index (κ1) is 13.4. The van der Waals surface area contributed by atoms with Crippen LogP contribution in [0, 0.1) is 0 Å². The van der Waals surface area contributed by atoms with Crippen molar-refractivity contribution in [3.63, 3.8) is 0 Å².